The lowest BCUT2D eigenvalue weighted by Crippen LogP contribution is -2.30. The highest BCUT2D eigenvalue weighted by molar-refractivity contribution is 5.52. The molecule has 1 aromatic carbocycles. The van der Waals surface area contributed by atoms with Gasteiger partial charge < -0.3 is 20.3 Å². The fourth-order valence-electron chi connectivity index (χ4n) is 1.41. The van der Waals surface area contributed by atoms with Crippen molar-refractivity contribution in [2.45, 2.75) is 12.2 Å². The van der Waals surface area contributed by atoms with Gasteiger partial charge in [-0.2, -0.15) is 0 Å². The summed E-state index contributed by atoms with van der Waals surface area (Å²) >= 11 is 0. The lowest BCUT2D eigenvalue weighted by atomic mass is 10.2. The molecule has 0 aromatic heterocycles. The molecule has 1 aliphatic rings. The highest BCUT2D eigenvalue weighted by atomic mass is 19.1. The number of benzene rings is 1. The van der Waals surface area contributed by atoms with Crippen LogP contribution in [-0.2, 0) is 4.74 Å². The Bertz CT molecular complexity index is 359. The molecule has 1 fully saturated rings. The zero-order chi connectivity index (χ0) is 10.8. The van der Waals surface area contributed by atoms with Crippen LogP contribution in [0.4, 0.5) is 10.1 Å². The van der Waals surface area contributed by atoms with E-state index < -0.39 is 18.0 Å². The van der Waals surface area contributed by atoms with E-state index in [1.165, 1.54) is 18.2 Å². The highest BCUT2D eigenvalue weighted by Crippen LogP contribution is 2.25. The van der Waals surface area contributed by atoms with Crippen molar-refractivity contribution < 1.29 is 19.0 Å². The molecule has 1 saturated heterocycles. The molecule has 0 radical (unpaired) electrons. The predicted molar refractivity (Wildman–Crippen MR) is 52.1 cm³/mol. The summed E-state index contributed by atoms with van der Waals surface area (Å²) in [5, 5.41) is 9.43. The third-order valence-corrected chi connectivity index (χ3v) is 2.25. The molecule has 0 unspecified atom stereocenters. The average Bonchev–Trinajstić information content (AvgIpc) is 2.58. The molecule has 1 aromatic rings. The van der Waals surface area contributed by atoms with Crippen LogP contribution in [0.1, 0.15) is 0 Å². The molecule has 1 aliphatic heterocycles. The number of ether oxygens (including phenoxy) is 2. The molecule has 0 spiro atoms. The number of aliphatic hydroxyl groups excluding tert-OH is 1. The molecule has 0 aliphatic carbocycles. The zero-order valence-electron chi connectivity index (χ0n) is 8.02. The van der Waals surface area contributed by atoms with Crippen molar-refractivity contribution in [3.8, 4) is 5.75 Å². The first-order chi connectivity index (χ1) is 7.16. The van der Waals surface area contributed by atoms with Crippen molar-refractivity contribution in [1.29, 1.82) is 0 Å². The minimum atomic E-state index is -0.687. The number of halogens is 1. The maximum atomic E-state index is 12.9. The first-order valence-corrected chi connectivity index (χ1v) is 4.64. The number of hydrogen-bond acceptors (Lipinski definition) is 4. The molecular weight excluding hydrogens is 201 g/mol. The summed E-state index contributed by atoms with van der Waals surface area (Å²) in [5.74, 6) is -0.183. The van der Waals surface area contributed by atoms with E-state index in [4.69, 9.17) is 15.2 Å². The van der Waals surface area contributed by atoms with Gasteiger partial charge in [0.15, 0.2) is 6.10 Å². The van der Waals surface area contributed by atoms with E-state index in [1.807, 2.05) is 0 Å². The lowest BCUT2D eigenvalue weighted by Gasteiger charge is -2.16. The average molecular weight is 213 g/mol. The molecule has 2 atom stereocenters. The Morgan fingerprint density at radius 1 is 1.47 bits per heavy atom. The van der Waals surface area contributed by atoms with Crippen molar-refractivity contribution in [3.63, 3.8) is 0 Å². The third-order valence-electron chi connectivity index (χ3n) is 2.25. The Labute approximate surface area is 86.4 Å². The standard InChI is InChI=1S/C10H12FNO3/c11-6-1-2-7(12)9(3-6)15-10-5-14-4-8(10)13/h1-3,8,10,13H,4-5,12H2/t8-,10-/m0/s1. The van der Waals surface area contributed by atoms with E-state index in [-0.39, 0.29) is 19.0 Å². The van der Waals surface area contributed by atoms with Gasteiger partial charge in [0.05, 0.1) is 18.9 Å². The van der Waals surface area contributed by atoms with Gasteiger partial charge in [0.1, 0.15) is 17.7 Å². The van der Waals surface area contributed by atoms with E-state index in [1.54, 1.807) is 0 Å². The van der Waals surface area contributed by atoms with E-state index >= 15 is 0 Å². The number of nitrogens with two attached hydrogens (primary N) is 1. The first-order valence-electron chi connectivity index (χ1n) is 4.64. The van der Waals surface area contributed by atoms with Crippen molar-refractivity contribution in [2.24, 2.45) is 0 Å². The van der Waals surface area contributed by atoms with E-state index in [9.17, 15) is 9.50 Å². The predicted octanol–water partition coefficient (Wildman–Crippen LogP) is 0.546. The van der Waals surface area contributed by atoms with Crippen LogP contribution in [0.25, 0.3) is 0 Å². The van der Waals surface area contributed by atoms with Crippen molar-refractivity contribution in [1.82, 2.24) is 0 Å². The summed E-state index contributed by atoms with van der Waals surface area (Å²) in [6, 6.07) is 3.87. The van der Waals surface area contributed by atoms with E-state index in [2.05, 4.69) is 0 Å². The van der Waals surface area contributed by atoms with Crippen molar-refractivity contribution >= 4 is 5.69 Å². The van der Waals surface area contributed by atoms with Crippen LogP contribution in [0.15, 0.2) is 18.2 Å². The van der Waals surface area contributed by atoms with Crippen LogP contribution < -0.4 is 10.5 Å². The zero-order valence-corrected chi connectivity index (χ0v) is 8.02. The summed E-state index contributed by atoms with van der Waals surface area (Å²) in [7, 11) is 0. The molecule has 0 bridgehead atoms. The van der Waals surface area contributed by atoms with Gasteiger partial charge in [-0.1, -0.05) is 0 Å². The van der Waals surface area contributed by atoms with Gasteiger partial charge in [-0.25, -0.2) is 4.39 Å². The fraction of sp³-hybridized carbons (Fsp3) is 0.400. The second kappa shape index (κ2) is 4.04. The van der Waals surface area contributed by atoms with Crippen molar-refractivity contribution in [3.05, 3.63) is 24.0 Å². The maximum absolute atomic E-state index is 12.9. The number of nitrogen functional groups attached to an aromatic ring is 1. The number of anilines is 1. The maximum Gasteiger partial charge on any atom is 0.150 e. The molecule has 3 N–H and O–H groups in total. The Balaban J connectivity index is 2.12. The van der Waals surface area contributed by atoms with Crippen LogP contribution in [0.2, 0.25) is 0 Å². The molecule has 5 heteroatoms. The summed E-state index contributed by atoms with van der Waals surface area (Å²) in [4.78, 5) is 0. The van der Waals surface area contributed by atoms with Gasteiger partial charge in [0.25, 0.3) is 0 Å². The molecule has 1 heterocycles. The summed E-state index contributed by atoms with van der Waals surface area (Å²) in [6.07, 6.45) is -1.17. The quantitative estimate of drug-likeness (QED) is 0.704. The summed E-state index contributed by atoms with van der Waals surface area (Å²) in [5.41, 5.74) is 5.94. The van der Waals surface area contributed by atoms with Gasteiger partial charge in [-0.05, 0) is 12.1 Å². The topological polar surface area (TPSA) is 64.7 Å². The monoisotopic (exact) mass is 213 g/mol. The Morgan fingerprint density at radius 3 is 2.93 bits per heavy atom. The van der Waals surface area contributed by atoms with Gasteiger partial charge in [-0.15, -0.1) is 0 Å². The number of rotatable bonds is 2. The highest BCUT2D eigenvalue weighted by Gasteiger charge is 2.28. The summed E-state index contributed by atoms with van der Waals surface area (Å²) < 4.78 is 23.3. The molecule has 2 rings (SSSR count). The van der Waals surface area contributed by atoms with Crippen molar-refractivity contribution in [2.75, 3.05) is 18.9 Å². The minimum Gasteiger partial charge on any atom is -0.483 e. The lowest BCUT2D eigenvalue weighted by molar-refractivity contribution is 0.0736. The smallest absolute Gasteiger partial charge is 0.150 e. The number of aliphatic hydroxyl groups is 1. The molecule has 0 saturated carbocycles. The van der Waals surface area contributed by atoms with Gasteiger partial charge in [0, 0.05) is 6.07 Å². The van der Waals surface area contributed by atoms with Crippen LogP contribution in [-0.4, -0.2) is 30.5 Å². The Hall–Kier alpha value is -1.33. The Morgan fingerprint density at radius 2 is 2.27 bits per heavy atom. The van der Waals surface area contributed by atoms with Crippen LogP contribution in [0.5, 0.6) is 5.75 Å². The van der Waals surface area contributed by atoms with Gasteiger partial charge in [-0.3, -0.25) is 0 Å². The van der Waals surface area contributed by atoms with Gasteiger partial charge >= 0.3 is 0 Å². The summed E-state index contributed by atoms with van der Waals surface area (Å²) in [6.45, 7) is 0.525. The van der Waals surface area contributed by atoms with Crippen LogP contribution in [0, 0.1) is 5.82 Å². The van der Waals surface area contributed by atoms with E-state index in [0.29, 0.717) is 5.69 Å². The molecule has 4 nitrogen and oxygen atoms in total. The second-order valence-electron chi connectivity index (χ2n) is 3.44. The third kappa shape index (κ3) is 2.19. The SMILES string of the molecule is Nc1ccc(F)cc1O[C@H]1COC[C@@H]1O. The normalized spacial score (nSPS) is 25.5. The molecule has 15 heavy (non-hydrogen) atoms. The van der Waals surface area contributed by atoms with E-state index in [0.717, 1.165) is 0 Å². The minimum absolute atomic E-state index is 0.236. The number of hydrogen-bond donors (Lipinski definition) is 2. The molecular formula is C10H12FNO3. The fourth-order valence-corrected chi connectivity index (χ4v) is 1.41. The van der Waals surface area contributed by atoms with Crippen LogP contribution in [0.3, 0.4) is 0 Å². The molecule has 82 valence electrons. The first kappa shape index (κ1) is 10.2. The second-order valence-corrected chi connectivity index (χ2v) is 3.44. The van der Waals surface area contributed by atoms with Crippen LogP contribution >= 0.6 is 0 Å². The largest absolute Gasteiger partial charge is 0.483 e. The Kier molecular flexibility index (Phi) is 2.75. The van der Waals surface area contributed by atoms with Gasteiger partial charge in [0.2, 0.25) is 0 Å². The molecule has 0 amide bonds.